The molecule has 0 heterocycles. The molecule has 9 rings (SSSR count). The predicted octanol–water partition coefficient (Wildman–Crippen LogP) is 13.6. The van der Waals surface area contributed by atoms with Crippen molar-refractivity contribution in [3.8, 4) is 33.4 Å². The maximum absolute atomic E-state index is 2.43. The van der Waals surface area contributed by atoms with Crippen LogP contribution in [0.1, 0.15) is 0 Å². The molecule has 0 saturated heterocycles. The Balaban J connectivity index is 1.26. The Morgan fingerprint density at radius 2 is 0.776 bits per heavy atom. The van der Waals surface area contributed by atoms with Gasteiger partial charge in [-0.25, -0.2) is 0 Å². The van der Waals surface area contributed by atoms with Crippen LogP contribution in [0.4, 0.5) is 17.1 Å². The number of hydrogen-bond donors (Lipinski definition) is 0. The van der Waals surface area contributed by atoms with Crippen molar-refractivity contribution in [3.05, 3.63) is 200 Å². The normalized spacial score (nSPS) is 11.3. The van der Waals surface area contributed by atoms with Crippen LogP contribution >= 0.6 is 0 Å². The molecule has 9 aromatic rings. The fraction of sp³-hybridized carbons (Fsp3) is 0. The molecule has 49 heavy (non-hydrogen) atoms. The van der Waals surface area contributed by atoms with Crippen molar-refractivity contribution in [1.82, 2.24) is 0 Å². The summed E-state index contributed by atoms with van der Waals surface area (Å²) in [5, 5.41) is 7.56. The van der Waals surface area contributed by atoms with E-state index < -0.39 is 0 Å². The summed E-state index contributed by atoms with van der Waals surface area (Å²) in [5.74, 6) is 0. The molecule has 1 nitrogen and oxygen atoms in total. The molecule has 0 aliphatic carbocycles. The first-order valence-corrected chi connectivity index (χ1v) is 16.9. The summed E-state index contributed by atoms with van der Waals surface area (Å²) < 4.78 is 0. The van der Waals surface area contributed by atoms with Gasteiger partial charge in [0.05, 0.1) is 11.4 Å². The third-order valence-corrected chi connectivity index (χ3v) is 9.66. The van der Waals surface area contributed by atoms with Crippen molar-refractivity contribution in [2.24, 2.45) is 0 Å². The summed E-state index contributed by atoms with van der Waals surface area (Å²) in [6.07, 6.45) is 0. The van der Waals surface area contributed by atoms with Gasteiger partial charge >= 0.3 is 0 Å². The average Bonchev–Trinajstić information content (AvgIpc) is 3.18. The molecule has 1 heteroatoms. The van der Waals surface area contributed by atoms with Crippen LogP contribution in [0.25, 0.3) is 65.7 Å². The number of anilines is 3. The Morgan fingerprint density at radius 1 is 0.265 bits per heavy atom. The molecular formula is C48H33N. The molecule has 9 aromatic carbocycles. The fourth-order valence-corrected chi connectivity index (χ4v) is 7.38. The van der Waals surface area contributed by atoms with E-state index in [2.05, 4.69) is 205 Å². The van der Waals surface area contributed by atoms with Crippen molar-refractivity contribution >= 4 is 49.4 Å². The van der Waals surface area contributed by atoms with Crippen molar-refractivity contribution in [2.75, 3.05) is 4.90 Å². The minimum absolute atomic E-state index is 1.10. The standard InChI is InChI=1S/C48H33N/c1-2-15-35(16-3-1)41-22-10-12-27-47(41)49(48-28-13-11-25-45(48)43-26-14-19-34-17-4-6-20-39(34)43)38-31-29-36(30-32-38)46-33-37-18-5-7-21-40(37)42-23-8-9-24-44(42)46/h1-33H. The van der Waals surface area contributed by atoms with Crippen LogP contribution in [-0.4, -0.2) is 0 Å². The maximum atomic E-state index is 2.43. The van der Waals surface area contributed by atoms with Crippen LogP contribution in [0, 0.1) is 0 Å². The molecule has 230 valence electrons. The van der Waals surface area contributed by atoms with Gasteiger partial charge in [0.2, 0.25) is 0 Å². The Morgan fingerprint density at radius 3 is 1.55 bits per heavy atom. The summed E-state index contributed by atoms with van der Waals surface area (Å²) in [5.41, 5.74) is 10.6. The smallest absolute Gasteiger partial charge is 0.0540 e. The minimum Gasteiger partial charge on any atom is -0.309 e. The van der Waals surface area contributed by atoms with Crippen LogP contribution in [0.3, 0.4) is 0 Å². The first kappa shape index (κ1) is 28.8. The molecule has 0 bridgehead atoms. The van der Waals surface area contributed by atoms with Gasteiger partial charge in [0.1, 0.15) is 0 Å². The largest absolute Gasteiger partial charge is 0.309 e. The molecule has 0 amide bonds. The van der Waals surface area contributed by atoms with Crippen molar-refractivity contribution in [2.45, 2.75) is 0 Å². The Kier molecular flexibility index (Phi) is 7.22. The molecule has 0 spiro atoms. The van der Waals surface area contributed by atoms with Gasteiger partial charge in [0.25, 0.3) is 0 Å². The summed E-state index contributed by atoms with van der Waals surface area (Å²) in [6.45, 7) is 0. The first-order valence-electron chi connectivity index (χ1n) is 16.9. The van der Waals surface area contributed by atoms with Crippen LogP contribution in [0.5, 0.6) is 0 Å². The molecule has 0 fully saturated rings. The molecule has 0 aliphatic heterocycles. The Bertz CT molecular complexity index is 2590. The van der Waals surface area contributed by atoms with Gasteiger partial charge in [0.15, 0.2) is 0 Å². The van der Waals surface area contributed by atoms with Crippen molar-refractivity contribution < 1.29 is 0 Å². The molecule has 0 atom stereocenters. The van der Waals surface area contributed by atoms with Gasteiger partial charge in [0, 0.05) is 16.8 Å². The van der Waals surface area contributed by atoms with E-state index in [1.165, 1.54) is 65.7 Å². The zero-order valence-electron chi connectivity index (χ0n) is 27.0. The number of rotatable bonds is 6. The summed E-state index contributed by atoms with van der Waals surface area (Å²) in [7, 11) is 0. The average molecular weight is 624 g/mol. The van der Waals surface area contributed by atoms with Crippen molar-refractivity contribution in [1.29, 1.82) is 0 Å². The Labute approximate surface area is 287 Å². The highest BCUT2D eigenvalue weighted by Crippen LogP contribution is 2.46. The van der Waals surface area contributed by atoms with E-state index in [1.54, 1.807) is 0 Å². The number of para-hydroxylation sites is 2. The molecule has 0 radical (unpaired) electrons. The lowest BCUT2D eigenvalue weighted by atomic mass is 9.93. The lowest BCUT2D eigenvalue weighted by molar-refractivity contribution is 1.28. The number of benzene rings is 9. The quantitative estimate of drug-likeness (QED) is 0.167. The Hall–Kier alpha value is -6.44. The summed E-state index contributed by atoms with van der Waals surface area (Å²) in [6, 6.07) is 72.4. The summed E-state index contributed by atoms with van der Waals surface area (Å²) in [4.78, 5) is 2.43. The fourth-order valence-electron chi connectivity index (χ4n) is 7.38. The predicted molar refractivity (Wildman–Crippen MR) is 210 cm³/mol. The zero-order chi connectivity index (χ0) is 32.6. The lowest BCUT2D eigenvalue weighted by Crippen LogP contribution is -2.12. The molecule has 0 aromatic heterocycles. The zero-order valence-corrected chi connectivity index (χ0v) is 27.0. The van der Waals surface area contributed by atoms with Crippen LogP contribution in [0.15, 0.2) is 200 Å². The van der Waals surface area contributed by atoms with Gasteiger partial charge < -0.3 is 4.90 Å². The molecule has 0 unspecified atom stereocenters. The van der Waals surface area contributed by atoms with Crippen LogP contribution < -0.4 is 4.90 Å². The SMILES string of the molecule is c1ccc(-c2ccccc2N(c2ccc(-c3cc4ccccc4c4ccccc34)cc2)c2ccccc2-c2cccc3ccccc23)cc1. The van der Waals surface area contributed by atoms with E-state index in [-0.39, 0.29) is 0 Å². The van der Waals surface area contributed by atoms with E-state index in [0.717, 1.165) is 17.1 Å². The maximum Gasteiger partial charge on any atom is 0.0540 e. The number of hydrogen-bond acceptors (Lipinski definition) is 1. The topological polar surface area (TPSA) is 3.24 Å². The van der Waals surface area contributed by atoms with Gasteiger partial charge in [-0.3, -0.25) is 0 Å². The van der Waals surface area contributed by atoms with E-state index in [4.69, 9.17) is 0 Å². The van der Waals surface area contributed by atoms with E-state index in [1.807, 2.05) is 0 Å². The highest BCUT2D eigenvalue weighted by atomic mass is 15.1. The van der Waals surface area contributed by atoms with Gasteiger partial charge in [-0.1, -0.05) is 170 Å². The van der Waals surface area contributed by atoms with Crippen molar-refractivity contribution in [3.63, 3.8) is 0 Å². The highest BCUT2D eigenvalue weighted by molar-refractivity contribution is 6.14. The first-order chi connectivity index (χ1) is 24.3. The van der Waals surface area contributed by atoms with Crippen LogP contribution in [0.2, 0.25) is 0 Å². The van der Waals surface area contributed by atoms with Gasteiger partial charge in [-0.15, -0.1) is 0 Å². The second-order valence-electron chi connectivity index (χ2n) is 12.5. The minimum atomic E-state index is 1.10. The molecule has 0 aliphatic rings. The lowest BCUT2D eigenvalue weighted by Gasteiger charge is -2.30. The highest BCUT2D eigenvalue weighted by Gasteiger charge is 2.21. The number of nitrogens with zero attached hydrogens (tertiary/aromatic N) is 1. The van der Waals surface area contributed by atoms with Crippen LogP contribution in [-0.2, 0) is 0 Å². The second-order valence-corrected chi connectivity index (χ2v) is 12.5. The van der Waals surface area contributed by atoms with E-state index in [0.29, 0.717) is 0 Å². The molecule has 0 N–H and O–H groups in total. The monoisotopic (exact) mass is 623 g/mol. The second kappa shape index (κ2) is 12.3. The molecular weight excluding hydrogens is 591 g/mol. The molecule has 0 saturated carbocycles. The summed E-state index contributed by atoms with van der Waals surface area (Å²) >= 11 is 0. The van der Waals surface area contributed by atoms with Gasteiger partial charge in [-0.2, -0.15) is 0 Å². The van der Waals surface area contributed by atoms with E-state index in [9.17, 15) is 0 Å². The number of fused-ring (bicyclic) bond motifs is 4. The third-order valence-electron chi connectivity index (χ3n) is 9.66. The van der Waals surface area contributed by atoms with Gasteiger partial charge in [-0.05, 0) is 84.9 Å². The van der Waals surface area contributed by atoms with E-state index >= 15 is 0 Å². The third kappa shape index (κ3) is 5.13.